The zero-order valence-electron chi connectivity index (χ0n) is 7.84. The first-order chi connectivity index (χ1) is 5.46. The molecule has 0 amide bonds. The normalized spacial score (nSPS) is 11.7. The Balaban J connectivity index is 3.11. The summed E-state index contributed by atoms with van der Waals surface area (Å²) in [6.07, 6.45) is 0. The molecule has 2 N–H and O–H groups in total. The van der Waals surface area contributed by atoms with Crippen LogP contribution >= 0.6 is 0 Å². The molecule has 1 heterocycles. The lowest BCUT2D eigenvalue weighted by atomic mass is 9.91. The standard InChI is InChI=1S/C8H14N2O2/c1-8(2,3)6-5(9)7(11-4)12-10-6/h9H2,1-4H3. The van der Waals surface area contributed by atoms with E-state index in [4.69, 9.17) is 15.0 Å². The average Bonchev–Trinajstić information content (AvgIpc) is 2.29. The van der Waals surface area contributed by atoms with E-state index in [-0.39, 0.29) is 5.41 Å². The first-order valence-corrected chi connectivity index (χ1v) is 3.76. The number of nitrogens with two attached hydrogens (primary N) is 1. The van der Waals surface area contributed by atoms with E-state index in [1.807, 2.05) is 20.8 Å². The summed E-state index contributed by atoms with van der Waals surface area (Å²) in [6, 6.07) is 0. The molecular formula is C8H14N2O2. The number of aromatic nitrogens is 1. The molecule has 0 saturated carbocycles. The molecule has 0 spiro atoms. The van der Waals surface area contributed by atoms with E-state index in [1.54, 1.807) is 0 Å². The van der Waals surface area contributed by atoms with E-state index in [2.05, 4.69) is 5.16 Å². The van der Waals surface area contributed by atoms with Crippen molar-refractivity contribution >= 4 is 5.69 Å². The molecule has 0 saturated heterocycles. The van der Waals surface area contributed by atoms with Crippen molar-refractivity contribution in [2.45, 2.75) is 26.2 Å². The molecule has 0 aliphatic carbocycles. The lowest BCUT2D eigenvalue weighted by Crippen LogP contribution is -2.13. The monoisotopic (exact) mass is 170 g/mol. The van der Waals surface area contributed by atoms with E-state index < -0.39 is 0 Å². The van der Waals surface area contributed by atoms with Crippen LogP contribution in [-0.2, 0) is 5.41 Å². The second-order valence-corrected chi connectivity index (χ2v) is 3.69. The summed E-state index contributed by atoms with van der Waals surface area (Å²) >= 11 is 0. The van der Waals surface area contributed by atoms with Gasteiger partial charge in [-0.05, 0) is 0 Å². The highest BCUT2D eigenvalue weighted by atomic mass is 16.6. The van der Waals surface area contributed by atoms with Crippen molar-refractivity contribution in [2.75, 3.05) is 12.8 Å². The van der Waals surface area contributed by atoms with Gasteiger partial charge in [-0.3, -0.25) is 0 Å². The quantitative estimate of drug-likeness (QED) is 0.694. The molecule has 1 aromatic heterocycles. The number of rotatable bonds is 1. The van der Waals surface area contributed by atoms with Crippen LogP contribution in [-0.4, -0.2) is 12.3 Å². The molecule has 1 aromatic rings. The van der Waals surface area contributed by atoms with Crippen LogP contribution in [0.25, 0.3) is 0 Å². The van der Waals surface area contributed by atoms with Gasteiger partial charge in [0, 0.05) is 5.41 Å². The van der Waals surface area contributed by atoms with Crippen molar-refractivity contribution in [2.24, 2.45) is 0 Å². The van der Waals surface area contributed by atoms with E-state index in [0.29, 0.717) is 11.6 Å². The molecule has 0 fully saturated rings. The fraction of sp³-hybridized carbons (Fsp3) is 0.625. The predicted octanol–water partition coefficient (Wildman–Crippen LogP) is 1.56. The molecule has 68 valence electrons. The van der Waals surface area contributed by atoms with Gasteiger partial charge < -0.3 is 15.0 Å². The maximum Gasteiger partial charge on any atom is 0.334 e. The van der Waals surface area contributed by atoms with Crippen LogP contribution in [0, 0.1) is 0 Å². The molecule has 4 nitrogen and oxygen atoms in total. The first kappa shape index (κ1) is 8.90. The zero-order chi connectivity index (χ0) is 9.35. The fourth-order valence-electron chi connectivity index (χ4n) is 0.970. The predicted molar refractivity (Wildman–Crippen MR) is 46.2 cm³/mol. The topological polar surface area (TPSA) is 61.3 Å². The van der Waals surface area contributed by atoms with Gasteiger partial charge in [0.2, 0.25) is 0 Å². The first-order valence-electron chi connectivity index (χ1n) is 3.76. The van der Waals surface area contributed by atoms with Crippen molar-refractivity contribution in [3.8, 4) is 5.95 Å². The zero-order valence-corrected chi connectivity index (χ0v) is 7.84. The molecule has 0 atom stereocenters. The minimum atomic E-state index is -0.107. The number of nitrogen functional groups attached to an aromatic ring is 1. The van der Waals surface area contributed by atoms with Gasteiger partial charge in [-0.15, -0.1) is 0 Å². The van der Waals surface area contributed by atoms with Crippen LogP contribution in [0.2, 0.25) is 0 Å². The lowest BCUT2D eigenvalue weighted by molar-refractivity contribution is 0.258. The van der Waals surface area contributed by atoms with Crippen LogP contribution < -0.4 is 10.5 Å². The number of nitrogens with zero attached hydrogens (tertiary/aromatic N) is 1. The highest BCUT2D eigenvalue weighted by molar-refractivity contribution is 5.52. The molecule has 0 aliphatic rings. The largest absolute Gasteiger partial charge is 0.466 e. The van der Waals surface area contributed by atoms with Crippen LogP contribution in [0.5, 0.6) is 5.95 Å². The molecule has 0 aromatic carbocycles. The van der Waals surface area contributed by atoms with Gasteiger partial charge in [-0.2, -0.15) is 0 Å². The average molecular weight is 170 g/mol. The summed E-state index contributed by atoms with van der Waals surface area (Å²) in [5.74, 6) is 0.292. The molecular weight excluding hydrogens is 156 g/mol. The van der Waals surface area contributed by atoms with Crippen LogP contribution in [0.4, 0.5) is 5.69 Å². The Hall–Kier alpha value is -1.19. The van der Waals surface area contributed by atoms with Crippen molar-refractivity contribution in [1.82, 2.24) is 5.16 Å². The van der Waals surface area contributed by atoms with Gasteiger partial charge in [0.05, 0.1) is 7.11 Å². The van der Waals surface area contributed by atoms with Crippen LogP contribution in [0.1, 0.15) is 26.5 Å². The maximum absolute atomic E-state index is 5.72. The summed E-state index contributed by atoms with van der Waals surface area (Å²) in [6.45, 7) is 6.04. The third-order valence-electron chi connectivity index (χ3n) is 1.59. The molecule has 4 heteroatoms. The second-order valence-electron chi connectivity index (χ2n) is 3.69. The Kier molecular flexibility index (Phi) is 2.00. The van der Waals surface area contributed by atoms with Crippen LogP contribution in [0.15, 0.2) is 4.52 Å². The second kappa shape index (κ2) is 2.69. The third kappa shape index (κ3) is 1.37. The van der Waals surface area contributed by atoms with Crippen molar-refractivity contribution in [3.63, 3.8) is 0 Å². The number of hydrogen-bond donors (Lipinski definition) is 1. The SMILES string of the molecule is COc1onc(C(C)(C)C)c1N. The van der Waals surface area contributed by atoms with E-state index >= 15 is 0 Å². The summed E-state index contributed by atoms with van der Waals surface area (Å²) < 4.78 is 9.74. The minimum absolute atomic E-state index is 0.107. The lowest BCUT2D eigenvalue weighted by Gasteiger charge is -2.14. The Morgan fingerprint density at radius 1 is 1.42 bits per heavy atom. The highest BCUT2D eigenvalue weighted by Crippen LogP contribution is 2.32. The van der Waals surface area contributed by atoms with E-state index in [9.17, 15) is 0 Å². The maximum atomic E-state index is 5.72. The fourth-order valence-corrected chi connectivity index (χ4v) is 0.970. The van der Waals surface area contributed by atoms with Gasteiger partial charge in [-0.25, -0.2) is 0 Å². The Labute approximate surface area is 71.7 Å². The number of ether oxygens (including phenoxy) is 1. The molecule has 0 unspecified atom stereocenters. The summed E-state index contributed by atoms with van der Waals surface area (Å²) in [5, 5.41) is 3.83. The summed E-state index contributed by atoms with van der Waals surface area (Å²) in [7, 11) is 1.50. The van der Waals surface area contributed by atoms with Gasteiger partial charge >= 0.3 is 5.95 Å². The molecule has 0 bridgehead atoms. The van der Waals surface area contributed by atoms with E-state index in [0.717, 1.165) is 5.69 Å². The summed E-state index contributed by atoms with van der Waals surface area (Å²) in [5.41, 5.74) is 6.84. The molecule has 1 rings (SSSR count). The smallest absolute Gasteiger partial charge is 0.334 e. The Morgan fingerprint density at radius 3 is 2.25 bits per heavy atom. The number of methoxy groups -OCH3 is 1. The minimum Gasteiger partial charge on any atom is -0.466 e. The number of anilines is 1. The van der Waals surface area contributed by atoms with Gasteiger partial charge in [0.15, 0.2) is 0 Å². The van der Waals surface area contributed by atoms with E-state index in [1.165, 1.54) is 7.11 Å². The Morgan fingerprint density at radius 2 is 2.00 bits per heavy atom. The van der Waals surface area contributed by atoms with Crippen molar-refractivity contribution < 1.29 is 9.26 Å². The molecule has 0 radical (unpaired) electrons. The Bertz CT molecular complexity index is 273. The number of hydrogen-bond acceptors (Lipinski definition) is 4. The van der Waals surface area contributed by atoms with Gasteiger partial charge in [-0.1, -0.05) is 25.9 Å². The van der Waals surface area contributed by atoms with Crippen molar-refractivity contribution in [1.29, 1.82) is 0 Å². The van der Waals surface area contributed by atoms with Crippen LogP contribution in [0.3, 0.4) is 0 Å². The van der Waals surface area contributed by atoms with Crippen molar-refractivity contribution in [3.05, 3.63) is 5.69 Å². The van der Waals surface area contributed by atoms with Gasteiger partial charge in [0.25, 0.3) is 0 Å². The van der Waals surface area contributed by atoms with Gasteiger partial charge in [0.1, 0.15) is 11.4 Å². The highest BCUT2D eigenvalue weighted by Gasteiger charge is 2.24. The molecule has 0 aliphatic heterocycles. The third-order valence-corrected chi connectivity index (χ3v) is 1.59. The summed E-state index contributed by atoms with van der Waals surface area (Å²) in [4.78, 5) is 0. The molecule has 12 heavy (non-hydrogen) atoms.